The molecule has 0 aliphatic heterocycles. The number of ether oxygens (including phenoxy) is 1. The summed E-state index contributed by atoms with van der Waals surface area (Å²) in [5, 5.41) is 10.9. The van der Waals surface area contributed by atoms with Crippen LogP contribution in [0.15, 0.2) is 42.5 Å². The van der Waals surface area contributed by atoms with Gasteiger partial charge in [-0.1, -0.05) is 30.3 Å². The second-order valence-corrected chi connectivity index (χ2v) is 4.25. The molecule has 3 heteroatoms. The zero-order chi connectivity index (χ0) is 12.8. The molecule has 0 unspecified atom stereocenters. The Morgan fingerprint density at radius 1 is 1.17 bits per heavy atom. The number of nitriles is 1. The van der Waals surface area contributed by atoms with Gasteiger partial charge < -0.3 is 4.74 Å². The zero-order valence-electron chi connectivity index (χ0n) is 10.5. The minimum Gasteiger partial charge on any atom is -0.492 e. The summed E-state index contributed by atoms with van der Waals surface area (Å²) in [6.07, 6.45) is 0. The summed E-state index contributed by atoms with van der Waals surface area (Å²) in [7, 11) is 1.91. The van der Waals surface area contributed by atoms with Gasteiger partial charge in [0.15, 0.2) is 0 Å². The number of fused-ring (bicyclic) bond motifs is 1. The lowest BCUT2D eigenvalue weighted by Gasteiger charge is -2.13. The zero-order valence-corrected chi connectivity index (χ0v) is 10.5. The number of hydrogen-bond donors (Lipinski definition) is 0. The van der Waals surface area contributed by atoms with Crippen molar-refractivity contribution in [1.29, 1.82) is 5.26 Å². The molecular weight excluding hydrogens is 224 g/mol. The Bertz CT molecular complexity index is 560. The monoisotopic (exact) mass is 240 g/mol. The van der Waals surface area contributed by atoms with Gasteiger partial charge in [-0.2, -0.15) is 5.26 Å². The van der Waals surface area contributed by atoms with E-state index in [-0.39, 0.29) is 0 Å². The van der Waals surface area contributed by atoms with Gasteiger partial charge in [0.1, 0.15) is 12.4 Å². The van der Waals surface area contributed by atoms with Crippen molar-refractivity contribution in [2.45, 2.75) is 0 Å². The molecule has 0 aromatic heterocycles. The van der Waals surface area contributed by atoms with Gasteiger partial charge >= 0.3 is 0 Å². The van der Waals surface area contributed by atoms with Crippen LogP contribution in [-0.2, 0) is 0 Å². The van der Waals surface area contributed by atoms with Crippen LogP contribution in [-0.4, -0.2) is 31.6 Å². The van der Waals surface area contributed by atoms with Gasteiger partial charge in [0.05, 0.1) is 12.6 Å². The maximum Gasteiger partial charge on any atom is 0.120 e. The van der Waals surface area contributed by atoms with Crippen LogP contribution >= 0.6 is 0 Å². The highest BCUT2D eigenvalue weighted by Crippen LogP contribution is 2.20. The predicted octanol–water partition coefficient (Wildman–Crippen LogP) is 2.67. The first-order chi connectivity index (χ1) is 8.79. The smallest absolute Gasteiger partial charge is 0.120 e. The third-order valence-electron chi connectivity index (χ3n) is 2.80. The van der Waals surface area contributed by atoms with Crippen LogP contribution in [0.2, 0.25) is 0 Å². The third-order valence-corrected chi connectivity index (χ3v) is 2.80. The van der Waals surface area contributed by atoms with Gasteiger partial charge in [0.25, 0.3) is 0 Å². The molecule has 0 bridgehead atoms. The van der Waals surface area contributed by atoms with Crippen molar-refractivity contribution in [2.24, 2.45) is 0 Å². The molecule has 2 rings (SSSR count). The minimum atomic E-state index is 0.432. The predicted molar refractivity (Wildman–Crippen MR) is 72.6 cm³/mol. The summed E-state index contributed by atoms with van der Waals surface area (Å²) >= 11 is 0. The Morgan fingerprint density at radius 3 is 2.72 bits per heavy atom. The molecule has 0 spiro atoms. The van der Waals surface area contributed by atoms with Crippen molar-refractivity contribution in [1.82, 2.24) is 4.90 Å². The Kier molecular flexibility index (Phi) is 4.16. The average Bonchev–Trinajstić information content (AvgIpc) is 2.39. The Labute approximate surface area is 107 Å². The fourth-order valence-corrected chi connectivity index (χ4v) is 1.78. The molecule has 0 saturated carbocycles. The van der Waals surface area contributed by atoms with E-state index in [1.54, 1.807) is 0 Å². The fourth-order valence-electron chi connectivity index (χ4n) is 1.78. The summed E-state index contributed by atoms with van der Waals surface area (Å²) in [5.74, 6) is 0.874. The van der Waals surface area contributed by atoms with E-state index in [0.717, 1.165) is 12.3 Å². The molecule has 0 N–H and O–H groups in total. The van der Waals surface area contributed by atoms with Crippen molar-refractivity contribution in [2.75, 3.05) is 26.7 Å². The number of nitrogens with zero attached hydrogens (tertiary/aromatic N) is 2. The Balaban J connectivity index is 1.94. The normalized spacial score (nSPS) is 10.5. The standard InChI is InChI=1S/C15H16N2O/c1-17(9-8-16)10-11-18-15-7-6-13-4-2-3-5-14(13)12-15/h2-7,12H,9-11H2,1H3. The molecular formula is C15H16N2O. The van der Waals surface area contributed by atoms with E-state index in [4.69, 9.17) is 10.00 Å². The molecule has 18 heavy (non-hydrogen) atoms. The maximum atomic E-state index is 8.54. The van der Waals surface area contributed by atoms with Crippen molar-refractivity contribution in [3.63, 3.8) is 0 Å². The van der Waals surface area contributed by atoms with E-state index in [0.29, 0.717) is 13.2 Å². The van der Waals surface area contributed by atoms with E-state index < -0.39 is 0 Å². The Hall–Kier alpha value is -2.05. The summed E-state index contributed by atoms with van der Waals surface area (Å²) in [4.78, 5) is 1.93. The van der Waals surface area contributed by atoms with Crippen LogP contribution < -0.4 is 4.74 Å². The summed E-state index contributed by atoms with van der Waals surface area (Å²) < 4.78 is 5.68. The first-order valence-corrected chi connectivity index (χ1v) is 5.97. The summed E-state index contributed by atoms with van der Waals surface area (Å²) in [6.45, 7) is 1.78. The minimum absolute atomic E-state index is 0.432. The third kappa shape index (κ3) is 3.22. The van der Waals surface area contributed by atoms with Gasteiger partial charge in [-0.25, -0.2) is 0 Å². The number of rotatable bonds is 5. The van der Waals surface area contributed by atoms with Crippen LogP contribution in [0, 0.1) is 11.3 Å². The highest BCUT2D eigenvalue weighted by atomic mass is 16.5. The van der Waals surface area contributed by atoms with E-state index in [1.165, 1.54) is 10.8 Å². The lowest BCUT2D eigenvalue weighted by Crippen LogP contribution is -2.24. The van der Waals surface area contributed by atoms with Gasteiger partial charge in [0.2, 0.25) is 0 Å². The first kappa shape index (κ1) is 12.4. The van der Waals surface area contributed by atoms with Crippen LogP contribution in [0.1, 0.15) is 0 Å². The lowest BCUT2D eigenvalue weighted by atomic mass is 10.1. The van der Waals surface area contributed by atoms with E-state index in [2.05, 4.69) is 24.3 Å². The molecule has 0 saturated heterocycles. The van der Waals surface area contributed by atoms with E-state index in [1.807, 2.05) is 36.2 Å². The molecule has 2 aromatic rings. The fraction of sp³-hybridized carbons (Fsp3) is 0.267. The second-order valence-electron chi connectivity index (χ2n) is 4.25. The lowest BCUT2D eigenvalue weighted by molar-refractivity contribution is 0.251. The summed E-state index contributed by atoms with van der Waals surface area (Å²) in [6, 6.07) is 16.4. The van der Waals surface area contributed by atoms with E-state index >= 15 is 0 Å². The molecule has 0 aliphatic carbocycles. The molecule has 0 amide bonds. The first-order valence-electron chi connectivity index (χ1n) is 5.97. The number of benzene rings is 2. The molecule has 0 aliphatic rings. The summed E-state index contributed by atoms with van der Waals surface area (Å²) in [5.41, 5.74) is 0. The van der Waals surface area contributed by atoms with Crippen molar-refractivity contribution in [3.05, 3.63) is 42.5 Å². The van der Waals surface area contributed by atoms with Crippen LogP contribution in [0.25, 0.3) is 10.8 Å². The number of hydrogen-bond acceptors (Lipinski definition) is 3. The molecule has 2 aromatic carbocycles. The SMILES string of the molecule is CN(CC#N)CCOc1ccc2ccccc2c1. The molecule has 0 heterocycles. The second kappa shape index (κ2) is 6.04. The molecule has 92 valence electrons. The molecule has 3 nitrogen and oxygen atoms in total. The van der Waals surface area contributed by atoms with Crippen LogP contribution in [0.4, 0.5) is 0 Å². The topological polar surface area (TPSA) is 36.3 Å². The van der Waals surface area contributed by atoms with Crippen molar-refractivity contribution < 1.29 is 4.74 Å². The maximum absolute atomic E-state index is 8.54. The molecule has 0 atom stereocenters. The Morgan fingerprint density at radius 2 is 1.94 bits per heavy atom. The molecule has 0 radical (unpaired) electrons. The van der Waals surface area contributed by atoms with Gasteiger partial charge in [-0.15, -0.1) is 0 Å². The highest BCUT2D eigenvalue weighted by molar-refractivity contribution is 5.83. The van der Waals surface area contributed by atoms with Gasteiger partial charge in [-0.3, -0.25) is 4.90 Å². The molecule has 0 fully saturated rings. The highest BCUT2D eigenvalue weighted by Gasteiger charge is 1.99. The van der Waals surface area contributed by atoms with Crippen LogP contribution in [0.5, 0.6) is 5.75 Å². The van der Waals surface area contributed by atoms with Crippen molar-refractivity contribution in [3.8, 4) is 11.8 Å². The average molecular weight is 240 g/mol. The largest absolute Gasteiger partial charge is 0.492 e. The quantitative estimate of drug-likeness (QED) is 0.754. The van der Waals surface area contributed by atoms with E-state index in [9.17, 15) is 0 Å². The van der Waals surface area contributed by atoms with Gasteiger partial charge in [-0.05, 0) is 30.0 Å². The van der Waals surface area contributed by atoms with Crippen molar-refractivity contribution >= 4 is 10.8 Å². The van der Waals surface area contributed by atoms with Gasteiger partial charge in [0, 0.05) is 6.54 Å². The van der Waals surface area contributed by atoms with Crippen LogP contribution in [0.3, 0.4) is 0 Å². The number of likely N-dealkylation sites (N-methyl/N-ethyl adjacent to an activating group) is 1.